The smallest absolute Gasteiger partial charge is 0.0761 e. The SMILES string of the molecule is Cc1cccc(CN(C)c2ccc([C@H](C)O)cc2)n1. The van der Waals surface area contributed by atoms with E-state index in [0.717, 1.165) is 29.2 Å². The Bertz CT molecular complexity index is 535. The first kappa shape index (κ1) is 13.6. The summed E-state index contributed by atoms with van der Waals surface area (Å²) in [6.45, 7) is 4.55. The van der Waals surface area contributed by atoms with Crippen LogP contribution in [-0.4, -0.2) is 17.1 Å². The normalized spacial score (nSPS) is 12.2. The van der Waals surface area contributed by atoms with E-state index in [2.05, 4.69) is 9.88 Å². The highest BCUT2D eigenvalue weighted by atomic mass is 16.3. The van der Waals surface area contributed by atoms with Gasteiger partial charge in [-0.15, -0.1) is 0 Å². The lowest BCUT2D eigenvalue weighted by molar-refractivity contribution is 0.199. The Morgan fingerprint density at radius 1 is 1.16 bits per heavy atom. The van der Waals surface area contributed by atoms with E-state index in [0.29, 0.717) is 0 Å². The van der Waals surface area contributed by atoms with Crippen molar-refractivity contribution in [3.63, 3.8) is 0 Å². The zero-order valence-electron chi connectivity index (χ0n) is 11.7. The highest BCUT2D eigenvalue weighted by Crippen LogP contribution is 2.19. The number of benzene rings is 1. The largest absolute Gasteiger partial charge is 0.389 e. The molecule has 0 unspecified atom stereocenters. The third-order valence-electron chi connectivity index (χ3n) is 3.16. The first-order chi connectivity index (χ1) is 9.06. The molecule has 1 heterocycles. The summed E-state index contributed by atoms with van der Waals surface area (Å²) in [4.78, 5) is 6.65. The van der Waals surface area contributed by atoms with Gasteiger partial charge in [0, 0.05) is 18.4 Å². The number of hydrogen-bond donors (Lipinski definition) is 1. The minimum Gasteiger partial charge on any atom is -0.389 e. The number of hydrogen-bond acceptors (Lipinski definition) is 3. The summed E-state index contributed by atoms with van der Waals surface area (Å²) in [7, 11) is 2.04. The molecule has 0 spiro atoms. The van der Waals surface area contributed by atoms with E-state index in [-0.39, 0.29) is 0 Å². The Morgan fingerprint density at radius 2 is 1.84 bits per heavy atom. The standard InChI is InChI=1S/C16H20N2O/c1-12-5-4-6-15(17-12)11-18(3)16-9-7-14(8-10-16)13(2)19/h4-10,13,19H,11H2,1-3H3/t13-/m0/s1. The third kappa shape index (κ3) is 3.55. The van der Waals surface area contributed by atoms with Crippen LogP contribution in [0.5, 0.6) is 0 Å². The number of nitrogens with zero attached hydrogens (tertiary/aromatic N) is 2. The van der Waals surface area contributed by atoms with E-state index in [9.17, 15) is 5.11 Å². The maximum absolute atomic E-state index is 9.50. The van der Waals surface area contributed by atoms with Crippen LogP contribution in [0, 0.1) is 6.92 Å². The Labute approximate surface area is 114 Å². The van der Waals surface area contributed by atoms with Crippen molar-refractivity contribution in [2.24, 2.45) is 0 Å². The minimum atomic E-state index is -0.419. The molecule has 0 aliphatic heterocycles. The molecule has 0 aliphatic carbocycles. The van der Waals surface area contributed by atoms with E-state index in [1.807, 2.05) is 56.4 Å². The van der Waals surface area contributed by atoms with Gasteiger partial charge in [0.1, 0.15) is 0 Å². The van der Waals surface area contributed by atoms with Crippen molar-refractivity contribution in [3.05, 3.63) is 59.4 Å². The van der Waals surface area contributed by atoms with Crippen molar-refractivity contribution in [2.75, 3.05) is 11.9 Å². The maximum atomic E-state index is 9.50. The quantitative estimate of drug-likeness (QED) is 0.913. The van der Waals surface area contributed by atoms with Gasteiger partial charge in [-0.3, -0.25) is 4.98 Å². The van der Waals surface area contributed by atoms with Crippen LogP contribution in [0.15, 0.2) is 42.5 Å². The van der Waals surface area contributed by atoms with E-state index in [1.54, 1.807) is 6.92 Å². The van der Waals surface area contributed by atoms with Crippen LogP contribution in [0.1, 0.15) is 30.0 Å². The molecule has 1 atom stereocenters. The fourth-order valence-electron chi connectivity index (χ4n) is 2.03. The molecule has 2 rings (SSSR count). The number of aryl methyl sites for hydroxylation is 1. The predicted molar refractivity (Wildman–Crippen MR) is 78.2 cm³/mol. The van der Waals surface area contributed by atoms with Gasteiger partial charge < -0.3 is 10.0 Å². The van der Waals surface area contributed by atoms with Crippen LogP contribution >= 0.6 is 0 Å². The molecule has 0 saturated carbocycles. The molecule has 3 heteroatoms. The molecule has 0 amide bonds. The number of aliphatic hydroxyl groups excluding tert-OH is 1. The van der Waals surface area contributed by atoms with Crippen LogP contribution in [0.2, 0.25) is 0 Å². The summed E-state index contributed by atoms with van der Waals surface area (Å²) < 4.78 is 0. The second-order valence-corrected chi connectivity index (χ2v) is 4.89. The first-order valence-electron chi connectivity index (χ1n) is 6.48. The van der Waals surface area contributed by atoms with Gasteiger partial charge in [0.2, 0.25) is 0 Å². The fraction of sp³-hybridized carbons (Fsp3) is 0.312. The van der Waals surface area contributed by atoms with E-state index >= 15 is 0 Å². The van der Waals surface area contributed by atoms with Gasteiger partial charge in [-0.25, -0.2) is 0 Å². The number of aromatic nitrogens is 1. The second-order valence-electron chi connectivity index (χ2n) is 4.89. The second kappa shape index (κ2) is 5.85. The van der Waals surface area contributed by atoms with Gasteiger partial charge in [0.25, 0.3) is 0 Å². The number of anilines is 1. The lowest BCUT2D eigenvalue weighted by Crippen LogP contribution is -2.17. The Hall–Kier alpha value is -1.87. The third-order valence-corrected chi connectivity index (χ3v) is 3.16. The monoisotopic (exact) mass is 256 g/mol. The molecule has 1 N–H and O–H groups in total. The van der Waals surface area contributed by atoms with E-state index in [4.69, 9.17) is 0 Å². The van der Waals surface area contributed by atoms with Gasteiger partial charge in [0.15, 0.2) is 0 Å². The minimum absolute atomic E-state index is 0.419. The van der Waals surface area contributed by atoms with Crippen LogP contribution in [-0.2, 0) is 6.54 Å². The molecule has 100 valence electrons. The molecule has 3 nitrogen and oxygen atoms in total. The van der Waals surface area contributed by atoms with Crippen molar-refractivity contribution in [1.82, 2.24) is 4.98 Å². The van der Waals surface area contributed by atoms with Crippen LogP contribution in [0.3, 0.4) is 0 Å². The van der Waals surface area contributed by atoms with Crippen molar-refractivity contribution in [1.29, 1.82) is 0 Å². The van der Waals surface area contributed by atoms with Gasteiger partial charge in [-0.05, 0) is 43.7 Å². The van der Waals surface area contributed by atoms with Gasteiger partial charge in [0.05, 0.1) is 18.3 Å². The van der Waals surface area contributed by atoms with Gasteiger partial charge in [-0.1, -0.05) is 18.2 Å². The zero-order valence-corrected chi connectivity index (χ0v) is 11.7. The van der Waals surface area contributed by atoms with Gasteiger partial charge >= 0.3 is 0 Å². The lowest BCUT2D eigenvalue weighted by atomic mass is 10.1. The Balaban J connectivity index is 2.09. The molecule has 0 fully saturated rings. The molecule has 0 saturated heterocycles. The van der Waals surface area contributed by atoms with Crippen molar-refractivity contribution < 1.29 is 5.11 Å². The molecule has 19 heavy (non-hydrogen) atoms. The number of rotatable bonds is 4. The molecule has 1 aromatic carbocycles. The molecule has 2 aromatic rings. The Kier molecular flexibility index (Phi) is 4.17. The average molecular weight is 256 g/mol. The zero-order chi connectivity index (χ0) is 13.8. The van der Waals surface area contributed by atoms with Crippen molar-refractivity contribution in [3.8, 4) is 0 Å². The van der Waals surface area contributed by atoms with Crippen LogP contribution < -0.4 is 4.90 Å². The topological polar surface area (TPSA) is 36.4 Å². The summed E-state index contributed by atoms with van der Waals surface area (Å²) in [5.74, 6) is 0. The molecule has 0 aliphatic rings. The summed E-state index contributed by atoms with van der Waals surface area (Å²) in [5.41, 5.74) is 4.15. The van der Waals surface area contributed by atoms with E-state index < -0.39 is 6.10 Å². The van der Waals surface area contributed by atoms with Crippen molar-refractivity contribution >= 4 is 5.69 Å². The van der Waals surface area contributed by atoms with Crippen LogP contribution in [0.4, 0.5) is 5.69 Å². The predicted octanol–water partition coefficient (Wildman–Crippen LogP) is 3.08. The summed E-state index contributed by atoms with van der Waals surface area (Å²) in [5, 5.41) is 9.50. The molecular weight excluding hydrogens is 236 g/mol. The summed E-state index contributed by atoms with van der Waals surface area (Å²) >= 11 is 0. The first-order valence-corrected chi connectivity index (χ1v) is 6.48. The molecular formula is C16H20N2O. The average Bonchev–Trinajstić information content (AvgIpc) is 2.39. The fourth-order valence-corrected chi connectivity index (χ4v) is 2.03. The molecule has 0 radical (unpaired) electrons. The maximum Gasteiger partial charge on any atom is 0.0761 e. The Morgan fingerprint density at radius 3 is 2.42 bits per heavy atom. The molecule has 0 bridgehead atoms. The molecule has 1 aromatic heterocycles. The number of pyridine rings is 1. The highest BCUT2D eigenvalue weighted by Gasteiger charge is 2.05. The highest BCUT2D eigenvalue weighted by molar-refractivity contribution is 5.47. The number of aliphatic hydroxyl groups is 1. The van der Waals surface area contributed by atoms with Crippen molar-refractivity contribution in [2.45, 2.75) is 26.5 Å². The van der Waals surface area contributed by atoms with Crippen LogP contribution in [0.25, 0.3) is 0 Å². The summed E-state index contributed by atoms with van der Waals surface area (Å²) in [6.07, 6.45) is -0.419. The summed E-state index contributed by atoms with van der Waals surface area (Å²) in [6, 6.07) is 14.0. The van der Waals surface area contributed by atoms with E-state index in [1.165, 1.54) is 0 Å². The lowest BCUT2D eigenvalue weighted by Gasteiger charge is -2.19. The van der Waals surface area contributed by atoms with Gasteiger partial charge in [-0.2, -0.15) is 0 Å².